The molecule has 0 radical (unpaired) electrons. The molecule has 174 valence electrons. The molecule has 4 nitrogen and oxygen atoms in total. The molecule has 0 heterocycles. The van der Waals surface area contributed by atoms with E-state index in [1.165, 1.54) is 5.56 Å². The van der Waals surface area contributed by atoms with Crippen molar-refractivity contribution in [3.63, 3.8) is 0 Å². The van der Waals surface area contributed by atoms with Gasteiger partial charge in [-0.1, -0.05) is 83.1 Å². The molecule has 32 heavy (non-hydrogen) atoms. The Hall–Kier alpha value is -2.62. The predicted molar refractivity (Wildman–Crippen MR) is 133 cm³/mol. The molecule has 2 rings (SSSR count). The molecule has 1 unspecified atom stereocenters. The van der Waals surface area contributed by atoms with Crippen LogP contribution in [0.1, 0.15) is 76.1 Å². The first kappa shape index (κ1) is 25.6. The van der Waals surface area contributed by atoms with E-state index in [0.29, 0.717) is 32.4 Å². The zero-order chi connectivity index (χ0) is 23.7. The second kappa shape index (κ2) is 11.8. The predicted octanol–water partition coefficient (Wildman–Crippen LogP) is 5.56. The maximum Gasteiger partial charge on any atom is 0.242 e. The Kier molecular flexibility index (Phi) is 9.49. The average molecular weight is 437 g/mol. The molecule has 0 aliphatic heterocycles. The topological polar surface area (TPSA) is 49.4 Å². The molecule has 0 aliphatic carbocycles. The lowest BCUT2D eigenvalue weighted by Crippen LogP contribution is -2.49. The molecular formula is C28H40N2O2. The van der Waals surface area contributed by atoms with Gasteiger partial charge in [0.05, 0.1) is 0 Å². The van der Waals surface area contributed by atoms with Gasteiger partial charge >= 0.3 is 0 Å². The number of benzene rings is 2. The van der Waals surface area contributed by atoms with E-state index >= 15 is 0 Å². The van der Waals surface area contributed by atoms with Gasteiger partial charge in [0.25, 0.3) is 0 Å². The Bertz CT molecular complexity index is 881. The number of hydrogen-bond acceptors (Lipinski definition) is 2. The van der Waals surface area contributed by atoms with Crippen LogP contribution in [0.5, 0.6) is 0 Å². The van der Waals surface area contributed by atoms with Gasteiger partial charge < -0.3 is 10.2 Å². The van der Waals surface area contributed by atoms with Crippen LogP contribution in [-0.2, 0) is 28.0 Å². The molecule has 0 spiro atoms. The molecule has 0 saturated carbocycles. The normalized spacial score (nSPS) is 12.3. The van der Waals surface area contributed by atoms with Crippen molar-refractivity contribution < 1.29 is 9.59 Å². The fourth-order valence-electron chi connectivity index (χ4n) is 3.82. The SMILES string of the molecule is CCCNC(=O)C(CC)N(Cc1ccccc1C)C(=O)CCc1ccc(C(C)(C)C)cc1. The van der Waals surface area contributed by atoms with E-state index in [1.807, 2.05) is 45.0 Å². The molecule has 1 atom stereocenters. The number of hydrogen-bond donors (Lipinski definition) is 1. The van der Waals surface area contributed by atoms with Gasteiger partial charge in [0.2, 0.25) is 11.8 Å². The van der Waals surface area contributed by atoms with Gasteiger partial charge in [-0.25, -0.2) is 0 Å². The van der Waals surface area contributed by atoms with Crippen LogP contribution in [0.25, 0.3) is 0 Å². The summed E-state index contributed by atoms with van der Waals surface area (Å²) in [5.74, 6) is -0.0440. The summed E-state index contributed by atoms with van der Waals surface area (Å²) in [5.41, 5.74) is 4.75. The first-order valence-corrected chi connectivity index (χ1v) is 11.9. The number of carbonyl (C=O) groups is 2. The highest BCUT2D eigenvalue weighted by Gasteiger charge is 2.28. The van der Waals surface area contributed by atoms with E-state index in [-0.39, 0.29) is 17.2 Å². The Labute approximate surface area is 194 Å². The molecule has 2 aromatic carbocycles. The fraction of sp³-hybridized carbons (Fsp3) is 0.500. The molecule has 2 amide bonds. The number of carbonyl (C=O) groups excluding carboxylic acids is 2. The minimum Gasteiger partial charge on any atom is -0.354 e. The van der Waals surface area contributed by atoms with E-state index in [4.69, 9.17) is 0 Å². The molecule has 0 fully saturated rings. The first-order valence-electron chi connectivity index (χ1n) is 11.9. The van der Waals surface area contributed by atoms with E-state index in [1.54, 1.807) is 4.90 Å². The molecule has 0 aromatic heterocycles. The van der Waals surface area contributed by atoms with E-state index in [0.717, 1.165) is 23.1 Å². The van der Waals surface area contributed by atoms with Gasteiger partial charge in [-0.05, 0) is 53.9 Å². The standard InChI is InChI=1S/C28H40N2O2/c1-7-19-29-27(32)25(8-2)30(20-23-12-10-9-11-21(23)3)26(31)18-15-22-13-16-24(17-14-22)28(4,5)6/h9-14,16-17,25H,7-8,15,18-20H2,1-6H3,(H,29,32). The lowest BCUT2D eigenvalue weighted by Gasteiger charge is -2.31. The summed E-state index contributed by atoms with van der Waals surface area (Å²) in [6.45, 7) is 13.7. The monoisotopic (exact) mass is 436 g/mol. The van der Waals surface area contributed by atoms with Crippen LogP contribution in [-0.4, -0.2) is 29.3 Å². The summed E-state index contributed by atoms with van der Waals surface area (Å²) in [5, 5.41) is 2.98. The van der Waals surface area contributed by atoms with Crippen LogP contribution in [0.4, 0.5) is 0 Å². The Morgan fingerprint density at radius 2 is 1.66 bits per heavy atom. The quantitative estimate of drug-likeness (QED) is 0.530. The molecule has 1 N–H and O–H groups in total. The Balaban J connectivity index is 2.18. The molecule has 0 aliphatic rings. The third-order valence-corrected chi connectivity index (χ3v) is 5.98. The van der Waals surface area contributed by atoms with Crippen molar-refractivity contribution >= 4 is 11.8 Å². The number of aryl methyl sites for hydroxylation is 2. The number of amides is 2. The average Bonchev–Trinajstić information content (AvgIpc) is 2.76. The number of rotatable bonds is 10. The van der Waals surface area contributed by atoms with Crippen molar-refractivity contribution in [2.75, 3.05) is 6.54 Å². The second-order valence-electron chi connectivity index (χ2n) is 9.61. The molecule has 2 aromatic rings. The minimum atomic E-state index is -0.461. The summed E-state index contributed by atoms with van der Waals surface area (Å²) in [7, 11) is 0. The van der Waals surface area contributed by atoms with Crippen molar-refractivity contribution in [1.29, 1.82) is 0 Å². The molecule has 4 heteroatoms. The van der Waals surface area contributed by atoms with Gasteiger partial charge in [-0.2, -0.15) is 0 Å². The third kappa shape index (κ3) is 7.22. The van der Waals surface area contributed by atoms with Gasteiger partial charge in [0, 0.05) is 19.5 Å². The van der Waals surface area contributed by atoms with E-state index in [2.05, 4.69) is 50.4 Å². The van der Waals surface area contributed by atoms with Crippen molar-refractivity contribution in [2.45, 2.75) is 85.2 Å². The van der Waals surface area contributed by atoms with E-state index in [9.17, 15) is 9.59 Å². The van der Waals surface area contributed by atoms with Crippen LogP contribution < -0.4 is 5.32 Å². The van der Waals surface area contributed by atoms with Gasteiger partial charge in [0.15, 0.2) is 0 Å². The summed E-state index contributed by atoms with van der Waals surface area (Å²) in [4.78, 5) is 28.0. The van der Waals surface area contributed by atoms with Crippen molar-refractivity contribution in [1.82, 2.24) is 10.2 Å². The van der Waals surface area contributed by atoms with Crippen LogP contribution in [0.2, 0.25) is 0 Å². The Morgan fingerprint density at radius 1 is 1.00 bits per heavy atom. The molecule has 0 bridgehead atoms. The summed E-state index contributed by atoms with van der Waals surface area (Å²) in [6, 6.07) is 16.1. The van der Waals surface area contributed by atoms with Crippen LogP contribution in [0, 0.1) is 6.92 Å². The molecule has 0 saturated heterocycles. The van der Waals surface area contributed by atoms with Crippen LogP contribution in [0.15, 0.2) is 48.5 Å². The largest absolute Gasteiger partial charge is 0.354 e. The first-order chi connectivity index (χ1) is 15.2. The number of nitrogens with one attached hydrogen (secondary N) is 1. The summed E-state index contributed by atoms with van der Waals surface area (Å²) in [6.07, 6.45) is 2.52. The van der Waals surface area contributed by atoms with Gasteiger partial charge in [-0.3, -0.25) is 9.59 Å². The lowest BCUT2D eigenvalue weighted by atomic mass is 9.86. The minimum absolute atomic E-state index is 0.0200. The Morgan fingerprint density at radius 3 is 2.22 bits per heavy atom. The van der Waals surface area contributed by atoms with Gasteiger partial charge in [-0.15, -0.1) is 0 Å². The van der Waals surface area contributed by atoms with Gasteiger partial charge in [0.1, 0.15) is 6.04 Å². The highest BCUT2D eigenvalue weighted by atomic mass is 16.2. The van der Waals surface area contributed by atoms with Crippen molar-refractivity contribution in [2.24, 2.45) is 0 Å². The highest BCUT2D eigenvalue weighted by molar-refractivity contribution is 5.87. The van der Waals surface area contributed by atoms with Crippen LogP contribution in [0.3, 0.4) is 0 Å². The van der Waals surface area contributed by atoms with Crippen molar-refractivity contribution in [3.05, 3.63) is 70.8 Å². The maximum atomic E-state index is 13.4. The number of nitrogens with zero attached hydrogens (tertiary/aromatic N) is 1. The van der Waals surface area contributed by atoms with Crippen molar-refractivity contribution in [3.8, 4) is 0 Å². The van der Waals surface area contributed by atoms with E-state index < -0.39 is 6.04 Å². The summed E-state index contributed by atoms with van der Waals surface area (Å²) < 4.78 is 0. The lowest BCUT2D eigenvalue weighted by molar-refractivity contribution is -0.141. The van der Waals surface area contributed by atoms with Crippen LogP contribution >= 0.6 is 0 Å². The maximum absolute atomic E-state index is 13.4. The second-order valence-corrected chi connectivity index (χ2v) is 9.61. The zero-order valence-corrected chi connectivity index (χ0v) is 20.7. The zero-order valence-electron chi connectivity index (χ0n) is 20.7. The third-order valence-electron chi connectivity index (χ3n) is 5.98. The summed E-state index contributed by atoms with van der Waals surface area (Å²) >= 11 is 0. The highest BCUT2D eigenvalue weighted by Crippen LogP contribution is 2.23. The fourth-order valence-corrected chi connectivity index (χ4v) is 3.82. The smallest absolute Gasteiger partial charge is 0.242 e. The molecular weight excluding hydrogens is 396 g/mol.